The van der Waals surface area contributed by atoms with Crippen molar-refractivity contribution in [1.29, 1.82) is 0 Å². The highest BCUT2D eigenvalue weighted by Gasteiger charge is 2.10. The molecule has 0 fully saturated rings. The van der Waals surface area contributed by atoms with E-state index in [0.717, 1.165) is 9.13 Å². The summed E-state index contributed by atoms with van der Waals surface area (Å²) in [7, 11) is 0. The Morgan fingerprint density at radius 3 is 2.44 bits per heavy atom. The van der Waals surface area contributed by atoms with E-state index < -0.39 is 5.97 Å². The summed E-state index contributed by atoms with van der Waals surface area (Å²) in [5.74, 6) is -0.404. The van der Waals surface area contributed by atoms with Gasteiger partial charge in [-0.2, -0.15) is 0 Å². The van der Waals surface area contributed by atoms with Crippen LogP contribution in [0.15, 0.2) is 48.5 Å². The molecule has 2 nitrogen and oxygen atoms in total. The second kappa shape index (κ2) is 6.20. The molecule has 0 radical (unpaired) electrons. The van der Waals surface area contributed by atoms with Gasteiger partial charge in [-0.05, 0) is 52.4 Å². The molecule has 0 spiro atoms. The van der Waals surface area contributed by atoms with E-state index in [4.69, 9.17) is 16.3 Å². The van der Waals surface area contributed by atoms with Crippen molar-refractivity contribution in [3.05, 3.63) is 68.3 Å². The first kappa shape index (κ1) is 13.4. The quantitative estimate of drug-likeness (QED) is 0.593. The number of rotatable bonds is 3. The molecule has 0 saturated carbocycles. The number of ether oxygens (including phenoxy) is 1. The van der Waals surface area contributed by atoms with Gasteiger partial charge in [0.15, 0.2) is 0 Å². The summed E-state index contributed by atoms with van der Waals surface area (Å²) in [6.45, 7) is 0.251. The van der Waals surface area contributed by atoms with Crippen LogP contribution in [-0.4, -0.2) is 5.97 Å². The first-order valence-corrected chi connectivity index (χ1v) is 6.78. The highest BCUT2D eigenvalue weighted by molar-refractivity contribution is 14.1. The SMILES string of the molecule is O=C(OCc1ccc(I)cc1)c1ccccc1Cl. The van der Waals surface area contributed by atoms with Crippen molar-refractivity contribution in [2.24, 2.45) is 0 Å². The zero-order valence-corrected chi connectivity index (χ0v) is 12.3. The number of benzene rings is 2. The van der Waals surface area contributed by atoms with Gasteiger partial charge in [0.05, 0.1) is 10.6 Å². The first-order valence-electron chi connectivity index (χ1n) is 5.33. The molecule has 0 aliphatic carbocycles. The van der Waals surface area contributed by atoms with Crippen molar-refractivity contribution in [2.75, 3.05) is 0 Å². The van der Waals surface area contributed by atoms with Crippen molar-refractivity contribution in [3.8, 4) is 0 Å². The van der Waals surface area contributed by atoms with Crippen molar-refractivity contribution in [2.45, 2.75) is 6.61 Å². The van der Waals surface area contributed by atoms with Gasteiger partial charge in [-0.15, -0.1) is 0 Å². The van der Waals surface area contributed by atoms with Gasteiger partial charge in [-0.1, -0.05) is 35.9 Å². The molecular formula is C14H10ClIO2. The van der Waals surface area contributed by atoms with E-state index in [0.29, 0.717) is 10.6 Å². The maximum atomic E-state index is 11.8. The van der Waals surface area contributed by atoms with E-state index in [1.807, 2.05) is 24.3 Å². The van der Waals surface area contributed by atoms with E-state index in [-0.39, 0.29) is 6.61 Å². The fourth-order valence-electron chi connectivity index (χ4n) is 1.43. The molecule has 2 aromatic carbocycles. The van der Waals surface area contributed by atoms with E-state index in [9.17, 15) is 4.79 Å². The maximum absolute atomic E-state index is 11.8. The highest BCUT2D eigenvalue weighted by atomic mass is 127. The Labute approximate surface area is 124 Å². The third-order valence-corrected chi connectivity index (χ3v) is 3.43. The van der Waals surface area contributed by atoms with Gasteiger partial charge in [0.1, 0.15) is 6.61 Å². The van der Waals surface area contributed by atoms with Crippen molar-refractivity contribution in [1.82, 2.24) is 0 Å². The molecule has 0 heterocycles. The summed E-state index contributed by atoms with van der Waals surface area (Å²) in [4.78, 5) is 11.8. The molecule has 0 aliphatic heterocycles. The van der Waals surface area contributed by atoms with Gasteiger partial charge in [0.25, 0.3) is 0 Å². The Hall–Kier alpha value is -1.07. The van der Waals surface area contributed by atoms with Crippen molar-refractivity contribution in [3.63, 3.8) is 0 Å². The van der Waals surface area contributed by atoms with Gasteiger partial charge in [0.2, 0.25) is 0 Å². The molecule has 0 bridgehead atoms. The smallest absolute Gasteiger partial charge is 0.339 e. The van der Waals surface area contributed by atoms with Crippen molar-refractivity contribution < 1.29 is 9.53 Å². The van der Waals surface area contributed by atoms with Crippen LogP contribution in [0, 0.1) is 3.57 Å². The van der Waals surface area contributed by atoms with Gasteiger partial charge >= 0.3 is 5.97 Å². The Morgan fingerprint density at radius 1 is 1.11 bits per heavy atom. The van der Waals surface area contributed by atoms with Crippen LogP contribution in [-0.2, 0) is 11.3 Å². The molecule has 0 amide bonds. The molecule has 2 rings (SSSR count). The van der Waals surface area contributed by atoms with Crippen LogP contribution in [0.2, 0.25) is 5.02 Å². The molecular weight excluding hydrogens is 363 g/mol. The lowest BCUT2D eigenvalue weighted by Crippen LogP contribution is -2.05. The Kier molecular flexibility index (Phi) is 4.60. The molecule has 2 aromatic rings. The summed E-state index contributed by atoms with van der Waals surface area (Å²) in [5, 5.41) is 0.408. The zero-order chi connectivity index (χ0) is 13.0. The van der Waals surface area contributed by atoms with Crippen LogP contribution in [0.25, 0.3) is 0 Å². The van der Waals surface area contributed by atoms with Gasteiger partial charge in [-0.3, -0.25) is 0 Å². The fourth-order valence-corrected chi connectivity index (χ4v) is 2.01. The van der Waals surface area contributed by atoms with Gasteiger partial charge in [-0.25, -0.2) is 4.79 Å². The minimum Gasteiger partial charge on any atom is -0.457 e. The molecule has 0 unspecified atom stereocenters. The first-order chi connectivity index (χ1) is 8.66. The summed E-state index contributed by atoms with van der Waals surface area (Å²) in [6, 6.07) is 14.7. The van der Waals surface area contributed by atoms with Gasteiger partial charge < -0.3 is 4.74 Å². The molecule has 4 heteroatoms. The Balaban J connectivity index is 2.01. The van der Waals surface area contributed by atoms with Crippen LogP contribution in [0.4, 0.5) is 0 Å². The van der Waals surface area contributed by atoms with Crippen molar-refractivity contribution >= 4 is 40.2 Å². The van der Waals surface area contributed by atoms with E-state index in [2.05, 4.69) is 22.6 Å². The second-order valence-electron chi connectivity index (χ2n) is 3.68. The lowest BCUT2D eigenvalue weighted by molar-refractivity contribution is 0.0473. The number of esters is 1. The Morgan fingerprint density at radius 2 is 1.78 bits per heavy atom. The Bertz CT molecular complexity index is 552. The molecule has 0 aromatic heterocycles. The third-order valence-electron chi connectivity index (χ3n) is 2.38. The maximum Gasteiger partial charge on any atom is 0.339 e. The lowest BCUT2D eigenvalue weighted by Gasteiger charge is -2.06. The number of halogens is 2. The fraction of sp³-hybridized carbons (Fsp3) is 0.0714. The zero-order valence-electron chi connectivity index (χ0n) is 9.40. The molecule has 0 saturated heterocycles. The monoisotopic (exact) mass is 372 g/mol. The molecule has 0 atom stereocenters. The number of hydrogen-bond acceptors (Lipinski definition) is 2. The minimum atomic E-state index is -0.404. The van der Waals surface area contributed by atoms with E-state index >= 15 is 0 Å². The third kappa shape index (κ3) is 3.46. The summed E-state index contributed by atoms with van der Waals surface area (Å²) >= 11 is 8.15. The number of carbonyl (C=O) groups excluding carboxylic acids is 1. The van der Waals surface area contributed by atoms with E-state index in [1.165, 1.54) is 0 Å². The minimum absolute atomic E-state index is 0.251. The lowest BCUT2D eigenvalue weighted by atomic mass is 10.2. The summed E-state index contributed by atoms with van der Waals surface area (Å²) < 4.78 is 6.36. The van der Waals surface area contributed by atoms with Crippen LogP contribution in [0.3, 0.4) is 0 Å². The predicted molar refractivity (Wildman–Crippen MR) is 79.7 cm³/mol. The average molecular weight is 373 g/mol. The predicted octanol–water partition coefficient (Wildman–Crippen LogP) is 4.30. The number of hydrogen-bond donors (Lipinski definition) is 0. The largest absolute Gasteiger partial charge is 0.457 e. The van der Waals surface area contributed by atoms with Crippen LogP contribution >= 0.6 is 34.2 Å². The van der Waals surface area contributed by atoms with Crippen LogP contribution < -0.4 is 0 Å². The molecule has 18 heavy (non-hydrogen) atoms. The topological polar surface area (TPSA) is 26.3 Å². The van der Waals surface area contributed by atoms with Crippen LogP contribution in [0.1, 0.15) is 15.9 Å². The van der Waals surface area contributed by atoms with Crippen LogP contribution in [0.5, 0.6) is 0 Å². The number of carbonyl (C=O) groups is 1. The molecule has 0 N–H and O–H groups in total. The second-order valence-corrected chi connectivity index (χ2v) is 5.34. The highest BCUT2D eigenvalue weighted by Crippen LogP contribution is 2.16. The molecule has 92 valence electrons. The van der Waals surface area contributed by atoms with Gasteiger partial charge in [0, 0.05) is 3.57 Å². The summed E-state index contributed by atoms with van der Waals surface area (Å²) in [6.07, 6.45) is 0. The average Bonchev–Trinajstić information content (AvgIpc) is 2.38. The standard InChI is InChI=1S/C14H10ClIO2/c15-13-4-2-1-3-12(13)14(17)18-9-10-5-7-11(16)8-6-10/h1-8H,9H2. The van der Waals surface area contributed by atoms with E-state index in [1.54, 1.807) is 24.3 Å². The molecule has 0 aliphatic rings. The normalized spacial score (nSPS) is 10.1. The summed E-state index contributed by atoms with van der Waals surface area (Å²) in [5.41, 5.74) is 1.35.